The lowest BCUT2D eigenvalue weighted by atomic mass is 9.92. The standard InChI is InChI=1S/C21H29NO4/c23-21(9-7-16-6-8-19-20(12-16)26-15-25-19)22(13-17-10-11-24-14-17)18-4-2-1-3-5-18/h6,8,12,17-18H,1-5,7,9-11,13-15H2/t17-/m1/s1. The Morgan fingerprint density at radius 2 is 1.92 bits per heavy atom. The third-order valence-corrected chi connectivity index (χ3v) is 5.88. The summed E-state index contributed by atoms with van der Waals surface area (Å²) in [7, 11) is 0. The Bertz CT molecular complexity index is 620. The summed E-state index contributed by atoms with van der Waals surface area (Å²) in [4.78, 5) is 15.3. The average Bonchev–Trinajstić information content (AvgIpc) is 3.36. The van der Waals surface area contributed by atoms with Gasteiger partial charge in [-0.1, -0.05) is 25.3 Å². The second-order valence-electron chi connectivity index (χ2n) is 7.76. The van der Waals surface area contributed by atoms with Crippen LogP contribution in [0.1, 0.15) is 50.5 Å². The smallest absolute Gasteiger partial charge is 0.231 e. The first kappa shape index (κ1) is 17.7. The zero-order valence-corrected chi connectivity index (χ0v) is 15.5. The molecule has 0 N–H and O–H groups in total. The SMILES string of the molecule is O=C(CCc1ccc2c(c1)OCO2)N(C[C@H]1CCOC1)C1CCCCC1. The molecule has 3 aliphatic rings. The molecular formula is C21H29NO4. The Balaban J connectivity index is 1.38. The van der Waals surface area contributed by atoms with Gasteiger partial charge in [0.1, 0.15) is 0 Å². The van der Waals surface area contributed by atoms with Gasteiger partial charge in [-0.3, -0.25) is 4.79 Å². The van der Waals surface area contributed by atoms with Crippen molar-refractivity contribution in [2.75, 3.05) is 26.6 Å². The third-order valence-electron chi connectivity index (χ3n) is 5.88. The first-order valence-electron chi connectivity index (χ1n) is 10.1. The Morgan fingerprint density at radius 1 is 1.08 bits per heavy atom. The Morgan fingerprint density at radius 3 is 2.73 bits per heavy atom. The number of carbonyl (C=O) groups excluding carboxylic acids is 1. The molecule has 0 unspecified atom stereocenters. The predicted octanol–water partition coefficient (Wildman–Crippen LogP) is 3.55. The molecule has 0 spiro atoms. The average molecular weight is 359 g/mol. The monoisotopic (exact) mass is 359 g/mol. The van der Waals surface area contributed by atoms with Gasteiger partial charge in [-0.25, -0.2) is 0 Å². The zero-order chi connectivity index (χ0) is 17.8. The quantitative estimate of drug-likeness (QED) is 0.779. The van der Waals surface area contributed by atoms with Crippen molar-refractivity contribution in [2.45, 2.75) is 57.4 Å². The molecule has 1 aliphatic carbocycles. The highest BCUT2D eigenvalue weighted by Crippen LogP contribution is 2.33. The fourth-order valence-electron chi connectivity index (χ4n) is 4.34. The van der Waals surface area contributed by atoms with Gasteiger partial charge in [0.2, 0.25) is 12.7 Å². The molecule has 142 valence electrons. The van der Waals surface area contributed by atoms with Crippen LogP contribution in [0.3, 0.4) is 0 Å². The summed E-state index contributed by atoms with van der Waals surface area (Å²) in [6.45, 7) is 2.80. The first-order chi connectivity index (χ1) is 12.8. The van der Waals surface area contributed by atoms with Crippen molar-refractivity contribution in [1.82, 2.24) is 4.90 Å². The molecule has 1 saturated carbocycles. The van der Waals surface area contributed by atoms with Crippen molar-refractivity contribution in [3.05, 3.63) is 23.8 Å². The molecule has 2 fully saturated rings. The van der Waals surface area contributed by atoms with E-state index in [0.29, 0.717) is 24.3 Å². The number of rotatable bonds is 6. The molecule has 0 bridgehead atoms. The van der Waals surface area contributed by atoms with Gasteiger partial charge in [0, 0.05) is 31.5 Å². The van der Waals surface area contributed by atoms with E-state index >= 15 is 0 Å². The number of carbonyl (C=O) groups is 1. The molecule has 1 saturated heterocycles. The van der Waals surface area contributed by atoms with Crippen LogP contribution in [-0.4, -0.2) is 43.4 Å². The van der Waals surface area contributed by atoms with Gasteiger partial charge in [0.05, 0.1) is 6.61 Å². The number of nitrogens with zero attached hydrogens (tertiary/aromatic N) is 1. The molecule has 5 heteroatoms. The van der Waals surface area contributed by atoms with E-state index in [1.807, 2.05) is 18.2 Å². The van der Waals surface area contributed by atoms with Crippen molar-refractivity contribution in [3.8, 4) is 11.5 Å². The van der Waals surface area contributed by atoms with E-state index in [0.717, 1.165) is 62.5 Å². The third kappa shape index (κ3) is 4.14. The van der Waals surface area contributed by atoms with Crippen LogP contribution >= 0.6 is 0 Å². The van der Waals surface area contributed by atoms with Gasteiger partial charge in [-0.2, -0.15) is 0 Å². The predicted molar refractivity (Wildman–Crippen MR) is 98.4 cm³/mol. The number of fused-ring (bicyclic) bond motifs is 1. The summed E-state index contributed by atoms with van der Waals surface area (Å²) in [5.74, 6) is 2.39. The van der Waals surface area contributed by atoms with Crippen molar-refractivity contribution in [1.29, 1.82) is 0 Å². The second-order valence-corrected chi connectivity index (χ2v) is 7.76. The van der Waals surface area contributed by atoms with Crippen molar-refractivity contribution < 1.29 is 19.0 Å². The van der Waals surface area contributed by atoms with Crippen molar-refractivity contribution in [3.63, 3.8) is 0 Å². The topological polar surface area (TPSA) is 48.0 Å². The van der Waals surface area contributed by atoms with Gasteiger partial charge >= 0.3 is 0 Å². The van der Waals surface area contributed by atoms with Crippen LogP contribution in [0.5, 0.6) is 11.5 Å². The molecule has 5 nitrogen and oxygen atoms in total. The molecule has 4 rings (SSSR count). The van der Waals surface area contributed by atoms with Crippen LogP contribution in [-0.2, 0) is 16.0 Å². The van der Waals surface area contributed by atoms with Gasteiger partial charge in [-0.05, 0) is 43.4 Å². The van der Waals surface area contributed by atoms with Crippen LogP contribution in [0.4, 0.5) is 0 Å². The van der Waals surface area contributed by atoms with E-state index in [4.69, 9.17) is 14.2 Å². The Labute approximate surface area is 155 Å². The molecule has 1 aromatic carbocycles. The highest BCUT2D eigenvalue weighted by Gasteiger charge is 2.29. The number of ether oxygens (including phenoxy) is 3. The zero-order valence-electron chi connectivity index (χ0n) is 15.5. The van der Waals surface area contributed by atoms with Gasteiger partial charge < -0.3 is 19.1 Å². The van der Waals surface area contributed by atoms with E-state index in [1.54, 1.807) is 0 Å². The molecule has 2 aliphatic heterocycles. The van der Waals surface area contributed by atoms with E-state index in [9.17, 15) is 4.79 Å². The minimum absolute atomic E-state index is 0.288. The lowest BCUT2D eigenvalue weighted by Crippen LogP contribution is -2.44. The Kier molecular flexibility index (Phi) is 5.63. The van der Waals surface area contributed by atoms with Crippen molar-refractivity contribution in [2.24, 2.45) is 5.92 Å². The molecule has 26 heavy (non-hydrogen) atoms. The number of amides is 1. The van der Waals surface area contributed by atoms with E-state index in [2.05, 4.69) is 4.90 Å². The van der Waals surface area contributed by atoms with Crippen LogP contribution in [0.2, 0.25) is 0 Å². The maximum atomic E-state index is 13.1. The minimum Gasteiger partial charge on any atom is -0.454 e. The fourth-order valence-corrected chi connectivity index (χ4v) is 4.34. The van der Waals surface area contributed by atoms with E-state index in [1.165, 1.54) is 19.3 Å². The summed E-state index contributed by atoms with van der Waals surface area (Å²) >= 11 is 0. The summed E-state index contributed by atoms with van der Waals surface area (Å²) < 4.78 is 16.3. The maximum absolute atomic E-state index is 13.1. The summed E-state index contributed by atoms with van der Waals surface area (Å²) in [5.41, 5.74) is 1.13. The number of hydrogen-bond acceptors (Lipinski definition) is 4. The van der Waals surface area contributed by atoms with Gasteiger partial charge in [0.25, 0.3) is 0 Å². The van der Waals surface area contributed by atoms with Crippen LogP contribution in [0.15, 0.2) is 18.2 Å². The number of benzene rings is 1. The Hall–Kier alpha value is -1.75. The van der Waals surface area contributed by atoms with Gasteiger partial charge in [-0.15, -0.1) is 0 Å². The van der Waals surface area contributed by atoms with Crippen molar-refractivity contribution >= 4 is 5.91 Å². The van der Waals surface area contributed by atoms with E-state index in [-0.39, 0.29) is 6.79 Å². The summed E-state index contributed by atoms with van der Waals surface area (Å²) in [6, 6.07) is 6.41. The van der Waals surface area contributed by atoms with Gasteiger partial charge in [0.15, 0.2) is 11.5 Å². The number of aryl methyl sites for hydroxylation is 1. The maximum Gasteiger partial charge on any atom is 0.231 e. The molecule has 2 heterocycles. The first-order valence-corrected chi connectivity index (χ1v) is 10.1. The largest absolute Gasteiger partial charge is 0.454 e. The van der Waals surface area contributed by atoms with Crippen LogP contribution < -0.4 is 9.47 Å². The van der Waals surface area contributed by atoms with Crippen LogP contribution in [0, 0.1) is 5.92 Å². The van der Waals surface area contributed by atoms with Crippen LogP contribution in [0.25, 0.3) is 0 Å². The summed E-state index contributed by atoms with van der Waals surface area (Å²) in [5, 5.41) is 0. The summed E-state index contributed by atoms with van der Waals surface area (Å²) in [6.07, 6.45) is 8.51. The molecule has 1 amide bonds. The second kappa shape index (κ2) is 8.30. The fraction of sp³-hybridized carbons (Fsp3) is 0.667. The van der Waals surface area contributed by atoms with E-state index < -0.39 is 0 Å². The minimum atomic E-state index is 0.288. The molecule has 1 atom stereocenters. The highest BCUT2D eigenvalue weighted by molar-refractivity contribution is 5.77. The lowest BCUT2D eigenvalue weighted by molar-refractivity contribution is -0.135. The molecule has 1 aromatic rings. The number of hydrogen-bond donors (Lipinski definition) is 0. The normalized spacial score (nSPS) is 22.5. The molecular weight excluding hydrogens is 330 g/mol. The highest BCUT2D eigenvalue weighted by atomic mass is 16.7. The molecule has 0 radical (unpaired) electrons. The lowest BCUT2D eigenvalue weighted by Gasteiger charge is -2.36. The molecule has 0 aromatic heterocycles.